The smallest absolute Gasteiger partial charge is 0.269 e. The van der Waals surface area contributed by atoms with Crippen molar-refractivity contribution >= 4 is 40.5 Å². The maximum absolute atomic E-state index is 10.5. The average molecular weight is 314 g/mol. The van der Waals surface area contributed by atoms with E-state index in [-0.39, 0.29) is 12.1 Å². The van der Waals surface area contributed by atoms with E-state index in [9.17, 15) is 15.2 Å². The van der Waals surface area contributed by atoms with Crippen LogP contribution in [0.2, 0.25) is 0 Å². The van der Waals surface area contributed by atoms with Gasteiger partial charge in [0.25, 0.3) is 5.69 Å². The Hall–Kier alpha value is -0.590. The molecule has 0 radical (unpaired) electrons. The molecule has 0 saturated carbocycles. The summed E-state index contributed by atoms with van der Waals surface area (Å²) in [6, 6.07) is 4.62. The summed E-state index contributed by atoms with van der Waals surface area (Å²) in [5.41, 5.74) is 6.02. The van der Waals surface area contributed by atoms with Crippen molar-refractivity contribution < 1.29 is 10.0 Å². The van der Waals surface area contributed by atoms with Gasteiger partial charge in [0.15, 0.2) is 0 Å². The molecule has 0 saturated heterocycles. The van der Waals surface area contributed by atoms with E-state index in [0.29, 0.717) is 5.56 Å². The Labute approximate surface area is 119 Å². The number of hydrogen-bond donors (Lipinski definition) is 2. The van der Waals surface area contributed by atoms with Crippen LogP contribution in [0, 0.1) is 10.1 Å². The van der Waals surface area contributed by atoms with Crippen LogP contribution in [-0.2, 0) is 0 Å². The van der Waals surface area contributed by atoms with Crippen LogP contribution in [0.25, 0.3) is 0 Å². The van der Waals surface area contributed by atoms with Crippen molar-refractivity contribution in [2.45, 2.75) is 22.4 Å². The van der Waals surface area contributed by atoms with Crippen molar-refractivity contribution in [1.82, 2.24) is 0 Å². The Kier molecular flexibility index (Phi) is 5.19. The van der Waals surface area contributed by atoms with Gasteiger partial charge in [0.05, 0.1) is 17.1 Å². The second kappa shape index (κ2) is 6.04. The summed E-state index contributed by atoms with van der Waals surface area (Å²) in [5, 5.41) is 20.3. The lowest BCUT2D eigenvalue weighted by Gasteiger charge is -2.22. The number of aliphatic hydroxyl groups is 1. The summed E-state index contributed by atoms with van der Waals surface area (Å²) in [6.45, 7) is 0. The van der Waals surface area contributed by atoms with Gasteiger partial charge in [0.1, 0.15) is 0 Å². The highest BCUT2D eigenvalue weighted by molar-refractivity contribution is 6.68. The fraction of sp³-hybridized carbons (Fsp3) is 0.400. The highest BCUT2D eigenvalue weighted by Crippen LogP contribution is 2.33. The van der Waals surface area contributed by atoms with E-state index in [1.54, 1.807) is 0 Å². The van der Waals surface area contributed by atoms with Crippen LogP contribution >= 0.6 is 34.8 Å². The summed E-state index contributed by atoms with van der Waals surface area (Å²) in [6.07, 6.45) is -0.912. The van der Waals surface area contributed by atoms with Crippen LogP contribution in [0.1, 0.15) is 18.1 Å². The fourth-order valence-corrected chi connectivity index (χ4v) is 1.60. The maximum Gasteiger partial charge on any atom is 0.269 e. The molecule has 0 spiro atoms. The summed E-state index contributed by atoms with van der Waals surface area (Å²) in [7, 11) is 0. The standard InChI is InChI=1S/C10H11Cl3N2O3/c11-10(12,13)9(14)5-8(16)6-1-3-7(4-2-6)15(17)18/h1-4,8-9,16H,5,14H2. The fourth-order valence-electron chi connectivity index (χ4n) is 1.33. The van der Waals surface area contributed by atoms with E-state index < -0.39 is 20.9 Å². The summed E-state index contributed by atoms with van der Waals surface area (Å²) in [5.74, 6) is 0. The van der Waals surface area contributed by atoms with Gasteiger partial charge in [-0.05, 0) is 24.1 Å². The first kappa shape index (κ1) is 15.5. The molecule has 0 heterocycles. The predicted octanol–water partition coefficient (Wildman–Crippen LogP) is 2.72. The topological polar surface area (TPSA) is 89.4 Å². The molecule has 100 valence electrons. The highest BCUT2D eigenvalue weighted by Gasteiger charge is 2.31. The molecule has 18 heavy (non-hydrogen) atoms. The predicted molar refractivity (Wildman–Crippen MR) is 70.9 cm³/mol. The van der Waals surface area contributed by atoms with Gasteiger partial charge in [-0.25, -0.2) is 0 Å². The monoisotopic (exact) mass is 312 g/mol. The molecule has 1 aromatic carbocycles. The second-order valence-corrected chi connectivity index (χ2v) is 6.12. The van der Waals surface area contributed by atoms with Crippen molar-refractivity contribution in [3.05, 3.63) is 39.9 Å². The Bertz CT molecular complexity index is 419. The zero-order chi connectivity index (χ0) is 13.9. The molecule has 0 aliphatic carbocycles. The van der Waals surface area contributed by atoms with Gasteiger partial charge in [-0.1, -0.05) is 34.8 Å². The maximum atomic E-state index is 10.5. The number of aliphatic hydroxyl groups excluding tert-OH is 1. The molecule has 0 aromatic heterocycles. The van der Waals surface area contributed by atoms with Gasteiger partial charge in [-0.3, -0.25) is 10.1 Å². The number of non-ortho nitro benzene ring substituents is 1. The number of rotatable bonds is 4. The van der Waals surface area contributed by atoms with Crippen LogP contribution in [0.3, 0.4) is 0 Å². The van der Waals surface area contributed by atoms with Crippen LogP contribution in [0.5, 0.6) is 0 Å². The molecule has 0 aliphatic heterocycles. The SMILES string of the molecule is NC(CC(O)c1ccc([N+](=O)[O-])cc1)C(Cl)(Cl)Cl. The van der Waals surface area contributed by atoms with E-state index in [1.807, 2.05) is 0 Å². The minimum atomic E-state index is -1.66. The zero-order valence-corrected chi connectivity index (χ0v) is 11.4. The number of nitrogens with two attached hydrogens (primary N) is 1. The lowest BCUT2D eigenvalue weighted by molar-refractivity contribution is -0.384. The molecular formula is C10H11Cl3N2O3. The number of halogens is 3. The number of nitrogens with zero attached hydrogens (tertiary/aromatic N) is 1. The Morgan fingerprint density at radius 1 is 1.33 bits per heavy atom. The molecule has 5 nitrogen and oxygen atoms in total. The first-order chi connectivity index (χ1) is 8.21. The molecule has 1 rings (SSSR count). The molecule has 2 atom stereocenters. The van der Waals surface area contributed by atoms with Gasteiger partial charge in [0.2, 0.25) is 3.79 Å². The van der Waals surface area contributed by atoms with Crippen LogP contribution in [-0.4, -0.2) is 19.9 Å². The number of hydrogen-bond acceptors (Lipinski definition) is 4. The zero-order valence-electron chi connectivity index (χ0n) is 9.09. The lowest BCUT2D eigenvalue weighted by Crippen LogP contribution is -2.36. The van der Waals surface area contributed by atoms with Crippen LogP contribution < -0.4 is 5.73 Å². The second-order valence-electron chi connectivity index (χ2n) is 3.75. The Morgan fingerprint density at radius 3 is 2.22 bits per heavy atom. The van der Waals surface area contributed by atoms with Crippen LogP contribution in [0.15, 0.2) is 24.3 Å². The third kappa shape index (κ3) is 4.26. The molecule has 1 aromatic rings. The van der Waals surface area contributed by atoms with Crippen molar-refractivity contribution in [2.24, 2.45) is 5.73 Å². The minimum Gasteiger partial charge on any atom is -0.388 e. The average Bonchev–Trinajstić information content (AvgIpc) is 2.27. The van der Waals surface area contributed by atoms with Crippen LogP contribution in [0.4, 0.5) is 5.69 Å². The molecule has 0 aliphatic rings. The first-order valence-electron chi connectivity index (χ1n) is 4.96. The van der Waals surface area contributed by atoms with E-state index >= 15 is 0 Å². The highest BCUT2D eigenvalue weighted by atomic mass is 35.6. The van der Waals surface area contributed by atoms with Gasteiger partial charge >= 0.3 is 0 Å². The quantitative estimate of drug-likeness (QED) is 0.508. The summed E-state index contributed by atoms with van der Waals surface area (Å²) < 4.78 is -1.66. The number of nitro benzene ring substituents is 1. The molecule has 8 heteroatoms. The van der Waals surface area contributed by atoms with Crippen molar-refractivity contribution in [3.8, 4) is 0 Å². The summed E-state index contributed by atoms with van der Waals surface area (Å²) >= 11 is 16.8. The van der Waals surface area contributed by atoms with Gasteiger partial charge in [-0.2, -0.15) is 0 Å². The molecular weight excluding hydrogens is 302 g/mol. The van der Waals surface area contributed by atoms with Gasteiger partial charge in [0, 0.05) is 12.1 Å². The number of benzene rings is 1. The van der Waals surface area contributed by atoms with E-state index in [1.165, 1.54) is 24.3 Å². The van der Waals surface area contributed by atoms with E-state index in [0.717, 1.165) is 0 Å². The first-order valence-corrected chi connectivity index (χ1v) is 6.10. The minimum absolute atomic E-state index is 0.0360. The van der Waals surface area contributed by atoms with E-state index in [2.05, 4.69) is 0 Å². The van der Waals surface area contributed by atoms with Crippen molar-refractivity contribution in [3.63, 3.8) is 0 Å². The third-order valence-corrected chi connectivity index (χ3v) is 3.23. The lowest BCUT2D eigenvalue weighted by atomic mass is 10.0. The molecule has 2 unspecified atom stereocenters. The van der Waals surface area contributed by atoms with Crippen molar-refractivity contribution in [1.29, 1.82) is 0 Å². The van der Waals surface area contributed by atoms with Gasteiger partial charge < -0.3 is 10.8 Å². The van der Waals surface area contributed by atoms with E-state index in [4.69, 9.17) is 40.5 Å². The van der Waals surface area contributed by atoms with Gasteiger partial charge in [-0.15, -0.1) is 0 Å². The summed E-state index contributed by atoms with van der Waals surface area (Å²) in [4.78, 5) is 9.94. The molecule has 0 amide bonds. The number of alkyl halides is 3. The Balaban J connectivity index is 2.73. The molecule has 0 fully saturated rings. The molecule has 3 N–H and O–H groups in total. The normalized spacial score (nSPS) is 15.2. The number of nitro groups is 1. The molecule has 0 bridgehead atoms. The largest absolute Gasteiger partial charge is 0.388 e. The Morgan fingerprint density at radius 2 is 1.83 bits per heavy atom. The third-order valence-electron chi connectivity index (χ3n) is 2.39. The van der Waals surface area contributed by atoms with Crippen molar-refractivity contribution in [2.75, 3.05) is 0 Å².